The van der Waals surface area contributed by atoms with E-state index in [1.165, 1.54) is 6.33 Å². The molecule has 150 valence electrons. The molecular formula is C21H22ClN5O2. The van der Waals surface area contributed by atoms with Crippen molar-refractivity contribution in [3.05, 3.63) is 64.9 Å². The maximum absolute atomic E-state index is 12.6. The third kappa shape index (κ3) is 4.48. The van der Waals surface area contributed by atoms with Crippen LogP contribution < -0.4 is 5.73 Å². The lowest BCUT2D eigenvalue weighted by Crippen LogP contribution is -2.50. The molecule has 0 aliphatic carbocycles. The van der Waals surface area contributed by atoms with Gasteiger partial charge in [-0.3, -0.25) is 9.69 Å². The molecule has 1 fully saturated rings. The number of carbonyl (C=O) groups is 1. The lowest BCUT2D eigenvalue weighted by molar-refractivity contribution is -0.137. The number of nitrogen functional groups attached to an aromatic ring is 1. The number of fused-ring (bicyclic) bond motifs is 1. The molecule has 1 atom stereocenters. The maximum Gasteiger partial charge on any atom is 0.237 e. The van der Waals surface area contributed by atoms with Gasteiger partial charge in [-0.15, -0.1) is 0 Å². The lowest BCUT2D eigenvalue weighted by atomic mass is 10.1. The molecule has 0 spiro atoms. The molecule has 0 unspecified atom stereocenters. The van der Waals surface area contributed by atoms with Gasteiger partial charge in [0.05, 0.1) is 18.2 Å². The molecule has 3 N–H and O–H groups in total. The first-order chi connectivity index (χ1) is 14.0. The van der Waals surface area contributed by atoms with Gasteiger partial charge in [0.2, 0.25) is 5.91 Å². The van der Waals surface area contributed by atoms with Crippen LogP contribution in [0.4, 0.5) is 5.82 Å². The van der Waals surface area contributed by atoms with Crippen LogP contribution in [0.15, 0.2) is 48.8 Å². The maximum atomic E-state index is 12.6. The molecule has 3 aromatic rings. The van der Waals surface area contributed by atoms with Crippen LogP contribution in [0.5, 0.6) is 0 Å². The Morgan fingerprint density at radius 3 is 2.83 bits per heavy atom. The molecule has 0 saturated carbocycles. The highest BCUT2D eigenvalue weighted by molar-refractivity contribution is 6.30. The minimum Gasteiger partial charge on any atom is -0.387 e. The fourth-order valence-corrected chi connectivity index (χ4v) is 3.78. The van der Waals surface area contributed by atoms with E-state index in [9.17, 15) is 9.90 Å². The summed E-state index contributed by atoms with van der Waals surface area (Å²) in [6.07, 6.45) is 0.759. The number of piperazine rings is 1. The number of nitrogens with two attached hydrogens (primary N) is 1. The Kier molecular flexibility index (Phi) is 5.62. The topological polar surface area (TPSA) is 95.6 Å². The summed E-state index contributed by atoms with van der Waals surface area (Å²) in [6.45, 7) is 2.49. The predicted octanol–water partition coefficient (Wildman–Crippen LogP) is 2.24. The van der Waals surface area contributed by atoms with Crippen molar-refractivity contribution in [2.45, 2.75) is 12.6 Å². The zero-order valence-corrected chi connectivity index (χ0v) is 16.6. The van der Waals surface area contributed by atoms with Gasteiger partial charge in [-0.2, -0.15) is 0 Å². The number of hydrogen-bond acceptors (Lipinski definition) is 6. The summed E-state index contributed by atoms with van der Waals surface area (Å²) in [5.41, 5.74) is 8.39. The molecule has 2 heterocycles. The average molecular weight is 412 g/mol. The predicted molar refractivity (Wildman–Crippen MR) is 112 cm³/mol. The average Bonchev–Trinajstić information content (AvgIpc) is 2.70. The van der Waals surface area contributed by atoms with Crippen LogP contribution in [0.25, 0.3) is 10.9 Å². The number of aromatic nitrogens is 2. The van der Waals surface area contributed by atoms with E-state index in [1.54, 1.807) is 12.1 Å². The number of carbonyl (C=O) groups excluding carboxylic acids is 1. The van der Waals surface area contributed by atoms with E-state index in [1.807, 2.05) is 40.1 Å². The summed E-state index contributed by atoms with van der Waals surface area (Å²) in [4.78, 5) is 24.7. The zero-order valence-electron chi connectivity index (χ0n) is 15.8. The molecule has 7 nitrogen and oxygen atoms in total. The lowest BCUT2D eigenvalue weighted by Gasteiger charge is -2.35. The highest BCUT2D eigenvalue weighted by Gasteiger charge is 2.25. The van der Waals surface area contributed by atoms with Crippen LogP contribution in [-0.4, -0.2) is 57.0 Å². The summed E-state index contributed by atoms with van der Waals surface area (Å²) < 4.78 is 0. The Labute approximate surface area is 173 Å². The summed E-state index contributed by atoms with van der Waals surface area (Å²) in [7, 11) is 0. The normalized spacial score (nSPS) is 16.3. The van der Waals surface area contributed by atoms with E-state index in [2.05, 4.69) is 9.97 Å². The first kappa shape index (κ1) is 19.6. The van der Waals surface area contributed by atoms with Crippen LogP contribution in [0, 0.1) is 0 Å². The van der Waals surface area contributed by atoms with E-state index >= 15 is 0 Å². The highest BCUT2D eigenvalue weighted by Crippen LogP contribution is 2.21. The van der Waals surface area contributed by atoms with Gasteiger partial charge in [-0.1, -0.05) is 29.8 Å². The van der Waals surface area contributed by atoms with Crippen LogP contribution in [0.2, 0.25) is 5.02 Å². The fraction of sp³-hybridized carbons (Fsp3) is 0.286. The van der Waals surface area contributed by atoms with Crippen molar-refractivity contribution in [2.24, 2.45) is 0 Å². The number of aliphatic hydroxyl groups is 1. The van der Waals surface area contributed by atoms with Gasteiger partial charge in [0.25, 0.3) is 0 Å². The van der Waals surface area contributed by atoms with Crippen LogP contribution in [-0.2, 0) is 11.3 Å². The molecule has 1 aliphatic rings. The molecule has 1 saturated heterocycles. The fourth-order valence-electron chi connectivity index (χ4n) is 3.59. The molecule has 0 bridgehead atoms. The minimum absolute atomic E-state index is 0.0387. The second kappa shape index (κ2) is 8.32. The van der Waals surface area contributed by atoms with Gasteiger partial charge in [0.1, 0.15) is 12.1 Å². The van der Waals surface area contributed by atoms with Gasteiger partial charge in [0.15, 0.2) is 0 Å². The standard InChI is InChI=1S/C21H22ClN5O2/c22-16-3-1-2-15(9-16)19(28)11-26-6-7-27(20(29)12-26)10-14-4-5-17-18(8-14)24-13-25-21(17)23/h1-5,8-9,13,19,28H,6-7,10-12H2,(H2,23,24,25)/t19-/m1/s1. The Morgan fingerprint density at radius 1 is 1.17 bits per heavy atom. The quantitative estimate of drug-likeness (QED) is 0.668. The Balaban J connectivity index is 1.37. The molecule has 1 amide bonds. The van der Waals surface area contributed by atoms with Crippen molar-refractivity contribution < 1.29 is 9.90 Å². The SMILES string of the molecule is Nc1ncnc2cc(CN3CCN(C[C@@H](O)c4cccc(Cl)c4)CC3=O)ccc12. The van der Waals surface area contributed by atoms with E-state index < -0.39 is 6.10 Å². The minimum atomic E-state index is -0.682. The van der Waals surface area contributed by atoms with Crippen molar-refractivity contribution in [1.29, 1.82) is 0 Å². The van der Waals surface area contributed by atoms with Gasteiger partial charge in [0, 0.05) is 36.6 Å². The molecule has 29 heavy (non-hydrogen) atoms. The second-order valence-corrected chi connectivity index (χ2v) is 7.67. The number of nitrogens with zero attached hydrogens (tertiary/aromatic N) is 4. The van der Waals surface area contributed by atoms with Crippen molar-refractivity contribution >= 4 is 34.2 Å². The number of anilines is 1. The Morgan fingerprint density at radius 2 is 2.03 bits per heavy atom. The summed E-state index contributed by atoms with van der Waals surface area (Å²) in [5, 5.41) is 11.9. The van der Waals surface area contributed by atoms with Gasteiger partial charge in [-0.25, -0.2) is 9.97 Å². The summed E-state index contributed by atoms with van der Waals surface area (Å²) in [5.74, 6) is 0.487. The molecular weight excluding hydrogens is 390 g/mol. The van der Waals surface area contributed by atoms with Gasteiger partial charge in [-0.05, 0) is 35.4 Å². The van der Waals surface area contributed by atoms with Crippen molar-refractivity contribution in [1.82, 2.24) is 19.8 Å². The molecule has 8 heteroatoms. The van der Waals surface area contributed by atoms with E-state index in [0.717, 1.165) is 22.0 Å². The Bertz CT molecular complexity index is 1040. The monoisotopic (exact) mass is 411 g/mol. The van der Waals surface area contributed by atoms with E-state index in [0.29, 0.717) is 37.0 Å². The first-order valence-electron chi connectivity index (χ1n) is 9.42. The summed E-state index contributed by atoms with van der Waals surface area (Å²) in [6, 6.07) is 13.0. The molecule has 1 aromatic heterocycles. The third-order valence-corrected chi connectivity index (χ3v) is 5.40. The Hall–Kier alpha value is -2.74. The zero-order chi connectivity index (χ0) is 20.4. The smallest absolute Gasteiger partial charge is 0.237 e. The number of amides is 1. The number of halogens is 1. The highest BCUT2D eigenvalue weighted by atomic mass is 35.5. The first-order valence-corrected chi connectivity index (χ1v) is 9.80. The number of rotatable bonds is 5. The molecule has 4 rings (SSSR count). The summed E-state index contributed by atoms with van der Waals surface area (Å²) >= 11 is 6.00. The van der Waals surface area contributed by atoms with Crippen molar-refractivity contribution in [3.63, 3.8) is 0 Å². The van der Waals surface area contributed by atoms with Gasteiger partial charge < -0.3 is 15.7 Å². The molecule has 1 aliphatic heterocycles. The second-order valence-electron chi connectivity index (χ2n) is 7.23. The number of hydrogen-bond donors (Lipinski definition) is 2. The van der Waals surface area contributed by atoms with Crippen LogP contribution >= 0.6 is 11.6 Å². The number of benzene rings is 2. The van der Waals surface area contributed by atoms with Crippen molar-refractivity contribution in [3.8, 4) is 0 Å². The van der Waals surface area contributed by atoms with Crippen LogP contribution in [0.3, 0.4) is 0 Å². The largest absolute Gasteiger partial charge is 0.387 e. The molecule has 2 aromatic carbocycles. The molecule has 0 radical (unpaired) electrons. The third-order valence-electron chi connectivity index (χ3n) is 5.17. The van der Waals surface area contributed by atoms with Gasteiger partial charge >= 0.3 is 0 Å². The number of β-amino-alcohol motifs (C(OH)–C–C–N with tert-alkyl or cyclic N) is 1. The van der Waals surface area contributed by atoms with E-state index in [-0.39, 0.29) is 12.5 Å². The number of aliphatic hydroxyl groups excluding tert-OH is 1. The van der Waals surface area contributed by atoms with Crippen LogP contribution in [0.1, 0.15) is 17.2 Å². The van der Waals surface area contributed by atoms with E-state index in [4.69, 9.17) is 17.3 Å². The van der Waals surface area contributed by atoms with Crippen molar-refractivity contribution in [2.75, 3.05) is 31.9 Å².